The Morgan fingerprint density at radius 2 is 1.44 bits per heavy atom. The van der Waals surface area contributed by atoms with E-state index in [1.54, 1.807) is 0 Å². The first-order valence-corrected chi connectivity index (χ1v) is 13.7. The van der Waals surface area contributed by atoms with Gasteiger partial charge in [0.15, 0.2) is 5.82 Å². The van der Waals surface area contributed by atoms with E-state index in [1.165, 1.54) is 44.9 Å². The van der Waals surface area contributed by atoms with Crippen LogP contribution in [0.3, 0.4) is 0 Å². The number of unbranched alkanes of at least 4 members (excludes halogenated alkanes) is 6. The van der Waals surface area contributed by atoms with Crippen LogP contribution in [-0.4, -0.2) is 35.4 Å². The molecule has 1 aliphatic heterocycles. The number of hydrogen-bond acceptors (Lipinski definition) is 5. The summed E-state index contributed by atoms with van der Waals surface area (Å²) in [5.74, 6) is 2.45. The maximum absolute atomic E-state index is 5.99. The molecule has 2 aromatic carbocycles. The fourth-order valence-corrected chi connectivity index (χ4v) is 4.33. The van der Waals surface area contributed by atoms with Gasteiger partial charge in [0.25, 0.3) is 0 Å². The van der Waals surface area contributed by atoms with Crippen LogP contribution in [0.25, 0.3) is 22.5 Å². The molecule has 36 heavy (non-hydrogen) atoms. The molecule has 1 aromatic heterocycles. The Balaban J connectivity index is 1.25. The lowest BCUT2D eigenvalue weighted by atomic mass is 10.1. The molecule has 0 spiro atoms. The number of aromatic nitrogens is 2. The summed E-state index contributed by atoms with van der Waals surface area (Å²) >= 11 is 0. The summed E-state index contributed by atoms with van der Waals surface area (Å²) < 4.78 is 17.6. The highest BCUT2D eigenvalue weighted by Gasteiger charge is 2.38. The number of epoxide rings is 1. The minimum atomic E-state index is 0.232. The van der Waals surface area contributed by atoms with Crippen LogP contribution in [-0.2, 0) is 4.74 Å². The normalized spacial score (nSPS) is 16.6. The highest BCUT2D eigenvalue weighted by Crippen LogP contribution is 2.29. The van der Waals surface area contributed by atoms with Gasteiger partial charge in [0.2, 0.25) is 0 Å². The lowest BCUT2D eigenvalue weighted by molar-refractivity contribution is 0.259. The van der Waals surface area contributed by atoms with Gasteiger partial charge < -0.3 is 14.2 Å². The van der Waals surface area contributed by atoms with Gasteiger partial charge in [-0.05, 0) is 54.8 Å². The van der Waals surface area contributed by atoms with Crippen molar-refractivity contribution >= 4 is 0 Å². The van der Waals surface area contributed by atoms with E-state index in [1.807, 2.05) is 54.9 Å². The van der Waals surface area contributed by atoms with Gasteiger partial charge >= 0.3 is 0 Å². The zero-order chi connectivity index (χ0) is 25.0. The van der Waals surface area contributed by atoms with E-state index in [2.05, 4.69) is 29.9 Å². The van der Waals surface area contributed by atoms with Gasteiger partial charge in [-0.25, -0.2) is 9.97 Å². The zero-order valence-electron chi connectivity index (χ0n) is 21.8. The minimum Gasteiger partial charge on any atom is -0.494 e. The highest BCUT2D eigenvalue weighted by atomic mass is 16.6. The molecule has 3 aromatic rings. The first-order chi connectivity index (χ1) is 17.8. The van der Waals surface area contributed by atoms with Crippen molar-refractivity contribution in [2.75, 3.05) is 13.2 Å². The van der Waals surface area contributed by atoms with E-state index >= 15 is 0 Å². The van der Waals surface area contributed by atoms with Crippen LogP contribution in [0.1, 0.15) is 71.6 Å². The van der Waals surface area contributed by atoms with Crippen LogP contribution in [0, 0.1) is 0 Å². The van der Waals surface area contributed by atoms with Crippen LogP contribution < -0.4 is 9.47 Å². The maximum atomic E-state index is 5.99. The van der Waals surface area contributed by atoms with Crippen LogP contribution >= 0.6 is 0 Å². The molecule has 0 bridgehead atoms. The monoisotopic (exact) mass is 488 g/mol. The topological polar surface area (TPSA) is 56.8 Å². The number of benzene rings is 2. The molecule has 2 heterocycles. The predicted molar refractivity (Wildman–Crippen MR) is 145 cm³/mol. The van der Waals surface area contributed by atoms with Gasteiger partial charge in [0.1, 0.15) is 24.2 Å². The molecule has 1 aliphatic rings. The van der Waals surface area contributed by atoms with Crippen LogP contribution in [0.5, 0.6) is 11.5 Å². The third-order valence-corrected chi connectivity index (χ3v) is 6.64. The van der Waals surface area contributed by atoms with Crippen LogP contribution in [0.15, 0.2) is 60.9 Å². The van der Waals surface area contributed by atoms with Crippen molar-refractivity contribution < 1.29 is 14.2 Å². The molecule has 0 aliphatic carbocycles. The summed E-state index contributed by atoms with van der Waals surface area (Å²) in [5.41, 5.74) is 2.98. The van der Waals surface area contributed by atoms with Crippen LogP contribution in [0.2, 0.25) is 0 Å². The standard InChI is InChI=1S/C31H40N2O3/c1-3-5-7-8-9-10-19-34-27-17-15-24(16-18-27)31-32-21-26(22-33-31)25-12-11-13-28(20-25)35-23-30-29(36-30)14-6-4-2/h11-13,15-18,20-22,29-30H,3-10,14,19,23H2,1-2H3/t29-,30-/m0/s1. The Labute approximate surface area is 216 Å². The molecule has 1 saturated heterocycles. The van der Waals surface area contributed by atoms with Gasteiger partial charge in [-0.2, -0.15) is 0 Å². The highest BCUT2D eigenvalue weighted by molar-refractivity contribution is 5.65. The molecule has 0 saturated carbocycles. The van der Waals surface area contributed by atoms with E-state index in [0.717, 1.165) is 47.6 Å². The smallest absolute Gasteiger partial charge is 0.159 e. The number of nitrogens with zero attached hydrogens (tertiary/aromatic N) is 2. The lowest BCUT2D eigenvalue weighted by Gasteiger charge is -2.08. The Morgan fingerprint density at radius 1 is 0.694 bits per heavy atom. The maximum Gasteiger partial charge on any atom is 0.159 e. The Bertz CT molecular complexity index is 1040. The third-order valence-electron chi connectivity index (χ3n) is 6.64. The molecule has 5 heteroatoms. The van der Waals surface area contributed by atoms with E-state index < -0.39 is 0 Å². The Morgan fingerprint density at radius 3 is 2.22 bits per heavy atom. The second-order valence-corrected chi connectivity index (χ2v) is 9.63. The van der Waals surface area contributed by atoms with Crippen molar-refractivity contribution in [3.05, 3.63) is 60.9 Å². The van der Waals surface area contributed by atoms with Crippen molar-refractivity contribution in [3.8, 4) is 34.0 Å². The summed E-state index contributed by atoms with van der Waals surface area (Å²) in [6.45, 7) is 5.83. The summed E-state index contributed by atoms with van der Waals surface area (Å²) in [5, 5.41) is 0. The summed E-state index contributed by atoms with van der Waals surface area (Å²) in [6.07, 6.45) is 15.5. The van der Waals surface area contributed by atoms with Crippen molar-refractivity contribution in [2.45, 2.75) is 83.8 Å². The van der Waals surface area contributed by atoms with E-state index in [-0.39, 0.29) is 6.10 Å². The molecule has 0 amide bonds. The predicted octanol–water partition coefficient (Wildman–Crippen LogP) is 7.89. The van der Waals surface area contributed by atoms with Gasteiger partial charge in [0, 0.05) is 23.5 Å². The number of rotatable bonds is 16. The SMILES string of the molecule is CCCCCCCCOc1ccc(-c2ncc(-c3cccc(OC[C@@H]4O[C@H]4CCCC)c3)cn2)cc1. The van der Waals surface area contributed by atoms with Crippen molar-refractivity contribution in [3.63, 3.8) is 0 Å². The summed E-state index contributed by atoms with van der Waals surface area (Å²) in [7, 11) is 0. The fraction of sp³-hybridized carbons (Fsp3) is 0.484. The first-order valence-electron chi connectivity index (χ1n) is 13.7. The van der Waals surface area contributed by atoms with Gasteiger partial charge in [-0.15, -0.1) is 0 Å². The first kappa shape index (κ1) is 26.2. The van der Waals surface area contributed by atoms with Crippen molar-refractivity contribution in [1.29, 1.82) is 0 Å². The van der Waals surface area contributed by atoms with E-state index in [0.29, 0.717) is 18.5 Å². The molecule has 2 atom stereocenters. The molecule has 0 N–H and O–H groups in total. The molecule has 192 valence electrons. The number of hydrogen-bond donors (Lipinski definition) is 0. The third kappa shape index (κ3) is 8.06. The largest absolute Gasteiger partial charge is 0.494 e. The van der Waals surface area contributed by atoms with Crippen LogP contribution in [0.4, 0.5) is 0 Å². The molecular weight excluding hydrogens is 448 g/mol. The second-order valence-electron chi connectivity index (χ2n) is 9.63. The minimum absolute atomic E-state index is 0.232. The second kappa shape index (κ2) is 14.0. The Kier molecular flexibility index (Phi) is 10.2. The summed E-state index contributed by atoms with van der Waals surface area (Å²) in [4.78, 5) is 9.21. The quantitative estimate of drug-likeness (QED) is 0.152. The van der Waals surface area contributed by atoms with Gasteiger partial charge in [-0.3, -0.25) is 0 Å². The van der Waals surface area contributed by atoms with Crippen molar-refractivity contribution in [2.24, 2.45) is 0 Å². The van der Waals surface area contributed by atoms with Crippen molar-refractivity contribution in [1.82, 2.24) is 9.97 Å². The average molecular weight is 489 g/mol. The Hall–Kier alpha value is -2.92. The number of ether oxygens (including phenoxy) is 3. The van der Waals surface area contributed by atoms with Gasteiger partial charge in [0.05, 0.1) is 12.7 Å². The molecule has 1 fully saturated rings. The molecular formula is C31H40N2O3. The average Bonchev–Trinajstić information content (AvgIpc) is 3.69. The fourth-order valence-electron chi connectivity index (χ4n) is 4.33. The molecule has 0 unspecified atom stereocenters. The van der Waals surface area contributed by atoms with E-state index in [4.69, 9.17) is 14.2 Å². The van der Waals surface area contributed by atoms with Gasteiger partial charge in [-0.1, -0.05) is 70.9 Å². The zero-order valence-corrected chi connectivity index (χ0v) is 21.8. The lowest BCUT2D eigenvalue weighted by Crippen LogP contribution is -2.07. The molecule has 4 rings (SSSR count). The summed E-state index contributed by atoms with van der Waals surface area (Å²) in [6, 6.07) is 16.1. The van der Waals surface area contributed by atoms with E-state index in [9.17, 15) is 0 Å². The molecule has 0 radical (unpaired) electrons. The molecule has 5 nitrogen and oxygen atoms in total.